The second kappa shape index (κ2) is 4.93. The zero-order valence-electron chi connectivity index (χ0n) is 8.89. The highest BCUT2D eigenvalue weighted by atomic mass is 35.5. The van der Waals surface area contributed by atoms with Crippen LogP contribution in [0.1, 0.15) is 20.7 Å². The summed E-state index contributed by atoms with van der Waals surface area (Å²) < 4.78 is 0. The van der Waals surface area contributed by atoms with Crippen molar-refractivity contribution in [3.63, 3.8) is 0 Å². The zero-order valence-corrected chi connectivity index (χ0v) is 9.65. The molecule has 0 radical (unpaired) electrons. The third kappa shape index (κ3) is 2.43. The molecule has 0 atom stereocenters. The second-order valence-corrected chi connectivity index (χ2v) is 4.03. The maximum Gasteiger partial charge on any atom is 0.150 e. The maximum atomic E-state index is 11.0. The van der Waals surface area contributed by atoms with Gasteiger partial charge in [-0.2, -0.15) is 0 Å². The van der Waals surface area contributed by atoms with E-state index in [9.17, 15) is 9.59 Å². The van der Waals surface area contributed by atoms with Crippen LogP contribution in [0.3, 0.4) is 0 Å². The molecular formula is C14H9ClO2. The Kier molecular flexibility index (Phi) is 3.35. The fourth-order valence-corrected chi connectivity index (χ4v) is 1.77. The third-order valence-corrected chi connectivity index (χ3v) is 2.75. The highest BCUT2D eigenvalue weighted by Gasteiger charge is 2.05. The first-order valence-electron chi connectivity index (χ1n) is 5.05. The fourth-order valence-electron chi connectivity index (χ4n) is 1.64. The van der Waals surface area contributed by atoms with Crippen molar-refractivity contribution in [2.75, 3.05) is 0 Å². The molecule has 2 nitrogen and oxygen atoms in total. The van der Waals surface area contributed by atoms with Crippen LogP contribution in [0.25, 0.3) is 11.1 Å². The largest absolute Gasteiger partial charge is 0.298 e. The lowest BCUT2D eigenvalue weighted by Crippen LogP contribution is -1.90. The summed E-state index contributed by atoms with van der Waals surface area (Å²) in [6, 6.07) is 12.2. The zero-order chi connectivity index (χ0) is 12.3. The van der Waals surface area contributed by atoms with Crippen LogP contribution in [-0.4, -0.2) is 12.6 Å². The van der Waals surface area contributed by atoms with E-state index >= 15 is 0 Å². The summed E-state index contributed by atoms with van der Waals surface area (Å²) in [5.74, 6) is 0. The van der Waals surface area contributed by atoms with Gasteiger partial charge in [0, 0.05) is 16.1 Å². The summed E-state index contributed by atoms with van der Waals surface area (Å²) in [6.45, 7) is 0. The van der Waals surface area contributed by atoms with Crippen molar-refractivity contribution >= 4 is 24.2 Å². The minimum atomic E-state index is 0.491. The van der Waals surface area contributed by atoms with E-state index in [2.05, 4.69) is 0 Å². The highest BCUT2D eigenvalue weighted by molar-refractivity contribution is 6.30. The van der Waals surface area contributed by atoms with E-state index in [-0.39, 0.29) is 0 Å². The van der Waals surface area contributed by atoms with Crippen LogP contribution >= 0.6 is 11.6 Å². The van der Waals surface area contributed by atoms with Crippen molar-refractivity contribution in [1.29, 1.82) is 0 Å². The number of benzene rings is 2. The predicted molar refractivity (Wildman–Crippen MR) is 67.7 cm³/mol. The first-order chi connectivity index (χ1) is 8.24. The molecule has 0 aliphatic carbocycles. The normalized spacial score (nSPS) is 9.94. The van der Waals surface area contributed by atoms with Gasteiger partial charge in [0.2, 0.25) is 0 Å². The molecule has 0 N–H and O–H groups in total. The molecule has 0 aromatic heterocycles. The van der Waals surface area contributed by atoms with Crippen LogP contribution < -0.4 is 0 Å². The van der Waals surface area contributed by atoms with Crippen LogP contribution in [0.4, 0.5) is 0 Å². The number of aldehydes is 2. The SMILES string of the molecule is O=Cc1ccc(-c2ccc(Cl)cc2)c(C=O)c1. The average molecular weight is 245 g/mol. The molecule has 0 heterocycles. The first kappa shape index (κ1) is 11.6. The Hall–Kier alpha value is -1.93. The minimum absolute atomic E-state index is 0.491. The molecule has 0 saturated heterocycles. The van der Waals surface area contributed by atoms with Crippen LogP contribution in [-0.2, 0) is 0 Å². The van der Waals surface area contributed by atoms with Crippen LogP contribution in [0.15, 0.2) is 42.5 Å². The number of carbonyl (C=O) groups excluding carboxylic acids is 2. The van der Waals surface area contributed by atoms with Crippen LogP contribution in [0, 0.1) is 0 Å². The number of rotatable bonds is 3. The third-order valence-electron chi connectivity index (χ3n) is 2.49. The molecule has 2 rings (SSSR count). The van der Waals surface area contributed by atoms with E-state index in [1.165, 1.54) is 0 Å². The summed E-state index contributed by atoms with van der Waals surface area (Å²) in [7, 11) is 0. The lowest BCUT2D eigenvalue weighted by Gasteiger charge is -2.05. The quantitative estimate of drug-likeness (QED) is 0.773. The monoisotopic (exact) mass is 244 g/mol. The van der Waals surface area contributed by atoms with Gasteiger partial charge in [0.15, 0.2) is 6.29 Å². The molecule has 0 fully saturated rings. The molecule has 3 heteroatoms. The van der Waals surface area contributed by atoms with Gasteiger partial charge in [0.1, 0.15) is 6.29 Å². The van der Waals surface area contributed by atoms with Gasteiger partial charge in [0.05, 0.1) is 0 Å². The highest BCUT2D eigenvalue weighted by Crippen LogP contribution is 2.24. The molecule has 0 aliphatic rings. The Morgan fingerprint density at radius 1 is 0.882 bits per heavy atom. The van der Waals surface area contributed by atoms with Crippen molar-refractivity contribution in [3.05, 3.63) is 58.6 Å². The van der Waals surface area contributed by atoms with E-state index < -0.39 is 0 Å². The van der Waals surface area contributed by atoms with Gasteiger partial charge < -0.3 is 0 Å². The molecule has 0 unspecified atom stereocenters. The van der Waals surface area contributed by atoms with Gasteiger partial charge in [-0.25, -0.2) is 0 Å². The second-order valence-electron chi connectivity index (χ2n) is 3.59. The summed E-state index contributed by atoms with van der Waals surface area (Å²) in [6.07, 6.45) is 1.47. The molecule has 84 valence electrons. The molecular weight excluding hydrogens is 236 g/mol. The van der Waals surface area contributed by atoms with E-state index in [0.29, 0.717) is 16.1 Å². The standard InChI is InChI=1S/C14H9ClO2/c15-13-4-2-11(3-5-13)14-6-1-10(8-16)7-12(14)9-17/h1-9H. The molecule has 0 amide bonds. The molecule has 0 saturated carbocycles. The van der Waals surface area contributed by atoms with E-state index in [1.807, 2.05) is 12.1 Å². The van der Waals surface area contributed by atoms with Gasteiger partial charge in [-0.3, -0.25) is 9.59 Å². The smallest absolute Gasteiger partial charge is 0.150 e. The van der Waals surface area contributed by atoms with Crippen molar-refractivity contribution < 1.29 is 9.59 Å². The summed E-state index contributed by atoms with van der Waals surface area (Å²) in [5.41, 5.74) is 2.68. The van der Waals surface area contributed by atoms with Gasteiger partial charge in [-0.15, -0.1) is 0 Å². The Bertz CT molecular complexity index is 559. The van der Waals surface area contributed by atoms with Crippen molar-refractivity contribution in [2.45, 2.75) is 0 Å². The Balaban J connectivity index is 2.54. The summed E-state index contributed by atoms with van der Waals surface area (Å²) in [4.78, 5) is 21.6. The Labute approximate surface area is 104 Å². The molecule has 0 bridgehead atoms. The molecule has 17 heavy (non-hydrogen) atoms. The summed E-state index contributed by atoms with van der Waals surface area (Å²) in [5, 5.41) is 0.644. The molecule has 0 aliphatic heterocycles. The maximum absolute atomic E-state index is 11.0. The van der Waals surface area contributed by atoms with Gasteiger partial charge in [-0.1, -0.05) is 35.9 Å². The predicted octanol–water partition coefficient (Wildman–Crippen LogP) is 3.63. The van der Waals surface area contributed by atoms with Crippen molar-refractivity contribution in [1.82, 2.24) is 0 Å². The lowest BCUT2D eigenvalue weighted by molar-refractivity contribution is 0.112. The number of halogens is 1. The van der Waals surface area contributed by atoms with E-state index in [0.717, 1.165) is 23.7 Å². The topological polar surface area (TPSA) is 34.1 Å². The average Bonchev–Trinajstić information content (AvgIpc) is 2.39. The van der Waals surface area contributed by atoms with Crippen molar-refractivity contribution in [2.24, 2.45) is 0 Å². The first-order valence-corrected chi connectivity index (χ1v) is 5.43. The molecule has 0 spiro atoms. The lowest BCUT2D eigenvalue weighted by atomic mass is 9.98. The van der Waals surface area contributed by atoms with Gasteiger partial charge in [0.25, 0.3) is 0 Å². The fraction of sp³-hybridized carbons (Fsp3) is 0. The van der Waals surface area contributed by atoms with E-state index in [4.69, 9.17) is 11.6 Å². The molecule has 2 aromatic rings. The Morgan fingerprint density at radius 2 is 1.59 bits per heavy atom. The van der Waals surface area contributed by atoms with E-state index in [1.54, 1.807) is 30.3 Å². The van der Waals surface area contributed by atoms with Crippen LogP contribution in [0.2, 0.25) is 5.02 Å². The van der Waals surface area contributed by atoms with Gasteiger partial charge in [-0.05, 0) is 29.3 Å². The number of carbonyl (C=O) groups is 2. The Morgan fingerprint density at radius 3 is 2.18 bits per heavy atom. The number of hydrogen-bond donors (Lipinski definition) is 0. The number of hydrogen-bond acceptors (Lipinski definition) is 2. The van der Waals surface area contributed by atoms with Crippen LogP contribution in [0.5, 0.6) is 0 Å². The minimum Gasteiger partial charge on any atom is -0.298 e. The van der Waals surface area contributed by atoms with Gasteiger partial charge >= 0.3 is 0 Å². The summed E-state index contributed by atoms with van der Waals surface area (Å²) >= 11 is 5.80. The van der Waals surface area contributed by atoms with Crippen molar-refractivity contribution in [3.8, 4) is 11.1 Å². The molecule has 2 aromatic carbocycles.